The first kappa shape index (κ1) is 12.0. The van der Waals surface area contributed by atoms with E-state index >= 15 is 0 Å². The average molecular weight is 252 g/mol. The van der Waals surface area contributed by atoms with Gasteiger partial charge in [0.2, 0.25) is 0 Å². The number of hydrogen-bond acceptors (Lipinski definition) is 2. The van der Waals surface area contributed by atoms with E-state index in [-0.39, 0.29) is 5.75 Å². The van der Waals surface area contributed by atoms with E-state index in [2.05, 4.69) is 9.72 Å². The number of alkyl halides is 3. The lowest BCUT2D eigenvalue weighted by Gasteiger charge is -2.09. The van der Waals surface area contributed by atoms with Crippen molar-refractivity contribution in [3.05, 3.63) is 42.1 Å². The first-order valence-corrected chi connectivity index (χ1v) is 4.93. The molecule has 0 amide bonds. The lowest BCUT2D eigenvalue weighted by molar-refractivity contribution is -0.274. The number of hydrogen-bond donors (Lipinski definition) is 1. The van der Waals surface area contributed by atoms with Crippen molar-refractivity contribution >= 4 is 0 Å². The lowest BCUT2D eigenvalue weighted by Crippen LogP contribution is -2.16. The molecule has 18 heavy (non-hydrogen) atoms. The number of halogens is 3. The van der Waals surface area contributed by atoms with E-state index in [1.54, 1.807) is 12.3 Å². The molecule has 0 radical (unpaired) electrons. The molecule has 1 heterocycles. The molecule has 0 fully saturated rings. The second-order valence-electron chi connectivity index (χ2n) is 3.45. The Morgan fingerprint density at radius 3 is 2.33 bits per heavy atom. The van der Waals surface area contributed by atoms with Crippen molar-refractivity contribution in [2.75, 3.05) is 0 Å². The summed E-state index contributed by atoms with van der Waals surface area (Å²) in [5.74, 6) is -0.295. The average Bonchev–Trinajstić information content (AvgIpc) is 2.76. The Labute approximate surface area is 100 Å². The highest BCUT2D eigenvalue weighted by Crippen LogP contribution is 2.27. The monoisotopic (exact) mass is 252 g/mol. The zero-order valence-corrected chi connectivity index (χ0v) is 8.95. The summed E-state index contributed by atoms with van der Waals surface area (Å²) in [6.45, 7) is 0. The van der Waals surface area contributed by atoms with Crippen molar-refractivity contribution < 1.29 is 17.9 Å². The van der Waals surface area contributed by atoms with Crippen molar-refractivity contribution in [2.24, 2.45) is 0 Å². The minimum atomic E-state index is -4.70. The first-order valence-electron chi connectivity index (χ1n) is 4.93. The lowest BCUT2D eigenvalue weighted by atomic mass is 10.1. The Bertz CT molecular complexity index is 579. The second-order valence-corrected chi connectivity index (χ2v) is 3.45. The van der Waals surface area contributed by atoms with Gasteiger partial charge in [-0.2, -0.15) is 5.26 Å². The zero-order valence-electron chi connectivity index (χ0n) is 8.95. The molecule has 2 rings (SSSR count). The smallest absolute Gasteiger partial charge is 0.406 e. The van der Waals surface area contributed by atoms with E-state index in [1.807, 2.05) is 6.07 Å². The van der Waals surface area contributed by atoms with Crippen molar-refractivity contribution in [1.82, 2.24) is 4.98 Å². The number of nitrogens with one attached hydrogen (secondary N) is 1. The van der Waals surface area contributed by atoms with Crippen LogP contribution in [0.2, 0.25) is 0 Å². The predicted molar refractivity (Wildman–Crippen MR) is 57.6 cm³/mol. The van der Waals surface area contributed by atoms with Gasteiger partial charge in [0.25, 0.3) is 0 Å². The number of aromatic nitrogens is 1. The molecule has 1 N–H and O–H groups in total. The van der Waals surface area contributed by atoms with Crippen molar-refractivity contribution in [2.45, 2.75) is 6.36 Å². The fraction of sp³-hybridized carbons (Fsp3) is 0.0833. The molecule has 0 saturated heterocycles. The normalized spacial score (nSPS) is 11.0. The maximum absolute atomic E-state index is 12.0. The van der Waals surface area contributed by atoms with E-state index in [9.17, 15) is 13.2 Å². The van der Waals surface area contributed by atoms with Crippen LogP contribution in [0.15, 0.2) is 36.5 Å². The number of nitriles is 1. The van der Waals surface area contributed by atoms with Crippen LogP contribution in [0.4, 0.5) is 13.2 Å². The minimum Gasteiger partial charge on any atom is -0.406 e. The zero-order chi connectivity index (χ0) is 13.2. The Kier molecular flexibility index (Phi) is 2.98. The summed E-state index contributed by atoms with van der Waals surface area (Å²) in [6.07, 6.45) is -3.11. The highest BCUT2D eigenvalue weighted by molar-refractivity contribution is 5.67. The highest BCUT2D eigenvalue weighted by Gasteiger charge is 2.30. The molecule has 6 heteroatoms. The Hall–Kier alpha value is -2.42. The summed E-state index contributed by atoms with van der Waals surface area (Å²) in [7, 11) is 0. The fourth-order valence-electron chi connectivity index (χ4n) is 1.52. The third-order valence-electron chi connectivity index (χ3n) is 2.24. The van der Waals surface area contributed by atoms with E-state index in [4.69, 9.17) is 5.26 Å². The summed E-state index contributed by atoms with van der Waals surface area (Å²) in [5, 5.41) is 8.83. The van der Waals surface area contributed by atoms with Crippen LogP contribution in [-0.4, -0.2) is 11.3 Å². The molecule has 1 aromatic heterocycles. The number of H-pyrrole nitrogens is 1. The van der Waals surface area contributed by atoms with Crippen LogP contribution >= 0.6 is 0 Å². The quantitative estimate of drug-likeness (QED) is 0.889. The molecular formula is C12H7F3N2O. The van der Waals surface area contributed by atoms with Crippen LogP contribution in [0.25, 0.3) is 11.3 Å². The van der Waals surface area contributed by atoms with Crippen molar-refractivity contribution in [1.29, 1.82) is 5.26 Å². The Morgan fingerprint density at radius 1 is 1.11 bits per heavy atom. The van der Waals surface area contributed by atoms with Gasteiger partial charge in [-0.25, -0.2) is 0 Å². The molecule has 92 valence electrons. The summed E-state index contributed by atoms with van der Waals surface area (Å²) in [4.78, 5) is 2.86. The molecule has 1 aromatic carbocycles. The maximum Gasteiger partial charge on any atom is 0.573 e. The highest BCUT2D eigenvalue weighted by atomic mass is 19.4. The molecule has 0 atom stereocenters. The van der Waals surface area contributed by atoms with Gasteiger partial charge in [-0.3, -0.25) is 0 Å². The number of ether oxygens (including phenoxy) is 1. The van der Waals surface area contributed by atoms with Gasteiger partial charge in [0.05, 0.1) is 11.3 Å². The van der Waals surface area contributed by atoms with Gasteiger partial charge in [0, 0.05) is 6.20 Å². The van der Waals surface area contributed by atoms with Gasteiger partial charge in [0.15, 0.2) is 0 Å². The fourth-order valence-corrected chi connectivity index (χ4v) is 1.52. The molecule has 0 bridgehead atoms. The molecule has 0 saturated carbocycles. The van der Waals surface area contributed by atoms with E-state index < -0.39 is 6.36 Å². The number of aromatic amines is 1. The van der Waals surface area contributed by atoms with Crippen LogP contribution in [-0.2, 0) is 0 Å². The predicted octanol–water partition coefficient (Wildman–Crippen LogP) is 3.45. The second kappa shape index (κ2) is 4.45. The summed E-state index contributed by atoms with van der Waals surface area (Å²) < 4.78 is 39.6. The third-order valence-corrected chi connectivity index (χ3v) is 2.24. The van der Waals surface area contributed by atoms with Crippen LogP contribution in [0.5, 0.6) is 5.75 Å². The number of benzene rings is 1. The number of rotatable bonds is 2. The van der Waals surface area contributed by atoms with Crippen LogP contribution in [0, 0.1) is 11.3 Å². The van der Waals surface area contributed by atoms with Crippen LogP contribution < -0.4 is 4.74 Å². The standard InChI is InChI=1S/C12H7F3N2O/c13-12(14,15)18-10-3-1-8(2-4-10)11-9(7-16)5-6-17-11/h1-6,17H. The van der Waals surface area contributed by atoms with E-state index in [0.717, 1.165) is 0 Å². The van der Waals surface area contributed by atoms with Gasteiger partial charge >= 0.3 is 6.36 Å². The van der Waals surface area contributed by atoms with Crippen LogP contribution in [0.3, 0.4) is 0 Å². The van der Waals surface area contributed by atoms with E-state index in [0.29, 0.717) is 16.8 Å². The Morgan fingerprint density at radius 2 is 1.78 bits per heavy atom. The molecule has 0 aliphatic carbocycles. The molecule has 0 aliphatic heterocycles. The minimum absolute atomic E-state index is 0.295. The van der Waals surface area contributed by atoms with Crippen LogP contribution in [0.1, 0.15) is 5.56 Å². The topological polar surface area (TPSA) is 48.8 Å². The van der Waals surface area contributed by atoms with Crippen molar-refractivity contribution in [3.63, 3.8) is 0 Å². The van der Waals surface area contributed by atoms with Gasteiger partial charge < -0.3 is 9.72 Å². The molecule has 0 unspecified atom stereocenters. The van der Waals surface area contributed by atoms with Gasteiger partial charge in [-0.05, 0) is 35.9 Å². The summed E-state index contributed by atoms with van der Waals surface area (Å²) in [6, 6.07) is 8.88. The maximum atomic E-state index is 12.0. The molecule has 0 spiro atoms. The largest absolute Gasteiger partial charge is 0.573 e. The Balaban J connectivity index is 2.26. The third kappa shape index (κ3) is 2.63. The van der Waals surface area contributed by atoms with Crippen molar-refractivity contribution in [3.8, 4) is 23.1 Å². The summed E-state index contributed by atoms with van der Waals surface area (Å²) in [5.41, 5.74) is 1.61. The SMILES string of the molecule is N#Cc1cc[nH]c1-c1ccc(OC(F)(F)F)cc1. The number of nitrogens with zero attached hydrogens (tertiary/aromatic N) is 1. The molecule has 2 aromatic rings. The first-order chi connectivity index (χ1) is 8.49. The molecular weight excluding hydrogens is 245 g/mol. The van der Waals surface area contributed by atoms with Gasteiger partial charge in [-0.15, -0.1) is 13.2 Å². The van der Waals surface area contributed by atoms with Gasteiger partial charge in [-0.1, -0.05) is 0 Å². The summed E-state index contributed by atoms with van der Waals surface area (Å²) >= 11 is 0. The molecule has 0 aliphatic rings. The molecule has 3 nitrogen and oxygen atoms in total. The van der Waals surface area contributed by atoms with E-state index in [1.165, 1.54) is 24.3 Å². The van der Waals surface area contributed by atoms with Gasteiger partial charge in [0.1, 0.15) is 11.8 Å².